The van der Waals surface area contributed by atoms with Crippen LogP contribution in [0, 0.1) is 17.5 Å². The molecule has 0 atom stereocenters. The number of hydrogen-bond donors (Lipinski definition) is 1. The third-order valence-electron chi connectivity index (χ3n) is 3.58. The van der Waals surface area contributed by atoms with Crippen LogP contribution in [0.5, 0.6) is 5.75 Å². The lowest BCUT2D eigenvalue weighted by atomic mass is 10.2. The maximum atomic E-state index is 6.02. The van der Waals surface area contributed by atoms with Gasteiger partial charge in [-0.25, -0.2) is 14.6 Å². The molecule has 0 unspecified atom stereocenters. The van der Waals surface area contributed by atoms with E-state index in [9.17, 15) is 0 Å². The first-order valence-electron chi connectivity index (χ1n) is 7.49. The normalized spacial score (nSPS) is 10.9. The number of rotatable bonds is 5. The van der Waals surface area contributed by atoms with Gasteiger partial charge in [0.05, 0.1) is 6.54 Å². The highest BCUT2D eigenvalue weighted by Gasteiger charge is 2.13. The number of hydrogen-bond acceptors (Lipinski definition) is 6. The van der Waals surface area contributed by atoms with Crippen molar-refractivity contribution >= 4 is 40.0 Å². The van der Waals surface area contributed by atoms with Crippen molar-refractivity contribution in [1.29, 1.82) is 0 Å². The lowest BCUT2D eigenvalue weighted by Gasteiger charge is -2.07. The minimum absolute atomic E-state index is 0.319. The van der Waals surface area contributed by atoms with Gasteiger partial charge in [0.15, 0.2) is 0 Å². The van der Waals surface area contributed by atoms with Gasteiger partial charge in [0.2, 0.25) is 0 Å². The van der Waals surface area contributed by atoms with Gasteiger partial charge in [0.25, 0.3) is 0 Å². The molecule has 25 heavy (non-hydrogen) atoms. The highest BCUT2D eigenvalue weighted by atomic mass is 127. The molecule has 0 radical (unpaired) electrons. The van der Waals surface area contributed by atoms with Crippen molar-refractivity contribution in [2.24, 2.45) is 0 Å². The largest absolute Gasteiger partial charge is 0.487 e. The summed E-state index contributed by atoms with van der Waals surface area (Å²) in [6, 6.07) is 5.54. The maximum Gasteiger partial charge on any atom is 0.135 e. The zero-order valence-corrected chi connectivity index (χ0v) is 16.6. The van der Waals surface area contributed by atoms with E-state index in [1.807, 2.05) is 25.1 Å². The Balaban J connectivity index is 1.71. The van der Waals surface area contributed by atoms with Crippen LogP contribution < -0.4 is 10.5 Å². The van der Waals surface area contributed by atoms with E-state index < -0.39 is 0 Å². The average molecular weight is 471 g/mol. The van der Waals surface area contributed by atoms with Gasteiger partial charge < -0.3 is 10.5 Å². The zero-order chi connectivity index (χ0) is 18.0. The van der Waals surface area contributed by atoms with Gasteiger partial charge in [-0.2, -0.15) is 0 Å². The van der Waals surface area contributed by atoms with E-state index in [1.165, 1.54) is 0 Å². The number of nitrogens with two attached hydrogens (primary N) is 1. The Kier molecular flexibility index (Phi) is 5.38. The standard InChI is InChI=1S/C16H16ClIN6O/c1-9-5-12(3-4-13(9)17)25-8-14-15(18)24(23-22-14)7-11-6-20-10(2)21-16(11)19/h3-6H,7-8H2,1-2H3,(H2,19,20,21). The van der Waals surface area contributed by atoms with Crippen LogP contribution in [0.4, 0.5) is 5.82 Å². The highest BCUT2D eigenvalue weighted by Crippen LogP contribution is 2.22. The fraction of sp³-hybridized carbons (Fsp3) is 0.250. The summed E-state index contributed by atoms with van der Waals surface area (Å²) < 4.78 is 8.41. The number of benzene rings is 1. The van der Waals surface area contributed by atoms with Gasteiger partial charge in [-0.05, 0) is 60.2 Å². The van der Waals surface area contributed by atoms with E-state index in [0.717, 1.165) is 26.3 Å². The summed E-state index contributed by atoms with van der Waals surface area (Å²) in [5.74, 6) is 1.83. The minimum Gasteiger partial charge on any atom is -0.487 e. The molecule has 0 fully saturated rings. The zero-order valence-electron chi connectivity index (χ0n) is 13.7. The molecule has 9 heteroatoms. The van der Waals surface area contributed by atoms with Crippen molar-refractivity contribution < 1.29 is 4.74 Å². The summed E-state index contributed by atoms with van der Waals surface area (Å²) in [5.41, 5.74) is 8.45. The van der Waals surface area contributed by atoms with E-state index in [4.69, 9.17) is 22.1 Å². The van der Waals surface area contributed by atoms with Crippen LogP contribution in [-0.4, -0.2) is 25.0 Å². The Bertz CT molecular complexity index is 914. The topological polar surface area (TPSA) is 91.7 Å². The van der Waals surface area contributed by atoms with Crippen LogP contribution in [0.3, 0.4) is 0 Å². The molecule has 2 heterocycles. The van der Waals surface area contributed by atoms with Crippen LogP contribution in [0.2, 0.25) is 5.02 Å². The third kappa shape index (κ3) is 4.18. The van der Waals surface area contributed by atoms with Gasteiger partial charge in [-0.1, -0.05) is 16.8 Å². The first-order chi connectivity index (χ1) is 11.9. The minimum atomic E-state index is 0.319. The molecule has 2 aromatic heterocycles. The lowest BCUT2D eigenvalue weighted by molar-refractivity contribution is 0.300. The summed E-state index contributed by atoms with van der Waals surface area (Å²) in [6.07, 6.45) is 1.71. The van der Waals surface area contributed by atoms with Crippen LogP contribution >= 0.6 is 34.2 Å². The summed E-state index contributed by atoms with van der Waals surface area (Å²) in [4.78, 5) is 8.34. The number of ether oxygens (including phenoxy) is 1. The molecule has 0 aliphatic rings. The number of anilines is 1. The fourth-order valence-corrected chi connectivity index (χ4v) is 2.83. The van der Waals surface area contributed by atoms with Crippen LogP contribution in [-0.2, 0) is 13.2 Å². The van der Waals surface area contributed by atoms with Crippen molar-refractivity contribution in [3.05, 3.63) is 55.8 Å². The van der Waals surface area contributed by atoms with Gasteiger partial charge in [-0.3, -0.25) is 0 Å². The monoisotopic (exact) mass is 470 g/mol. The predicted molar refractivity (Wildman–Crippen MR) is 104 cm³/mol. The first-order valence-corrected chi connectivity index (χ1v) is 8.94. The second-order valence-electron chi connectivity index (χ2n) is 5.51. The predicted octanol–water partition coefficient (Wildman–Crippen LogP) is 3.15. The molecular formula is C16H16ClIN6O. The fourth-order valence-electron chi connectivity index (χ4n) is 2.18. The summed E-state index contributed by atoms with van der Waals surface area (Å²) in [7, 11) is 0. The van der Waals surface area contributed by atoms with Crippen LogP contribution in [0.25, 0.3) is 0 Å². The molecule has 3 aromatic rings. The highest BCUT2D eigenvalue weighted by molar-refractivity contribution is 14.1. The van der Waals surface area contributed by atoms with Gasteiger partial charge in [0, 0.05) is 16.8 Å². The van der Waals surface area contributed by atoms with Crippen LogP contribution in [0.15, 0.2) is 24.4 Å². The third-order valence-corrected chi connectivity index (χ3v) is 5.19. The Labute approximate surface area is 163 Å². The van der Waals surface area contributed by atoms with Crippen LogP contribution in [0.1, 0.15) is 22.6 Å². The molecule has 0 bridgehead atoms. The van der Waals surface area contributed by atoms with E-state index in [1.54, 1.807) is 17.8 Å². The maximum absolute atomic E-state index is 6.02. The van der Waals surface area contributed by atoms with E-state index in [0.29, 0.717) is 29.8 Å². The Morgan fingerprint density at radius 2 is 2.12 bits per heavy atom. The number of nitrogen functional groups attached to an aromatic ring is 1. The molecule has 0 saturated carbocycles. The quantitative estimate of drug-likeness (QED) is 0.576. The average Bonchev–Trinajstić information content (AvgIpc) is 2.91. The molecule has 7 nitrogen and oxygen atoms in total. The Hall–Kier alpha value is -1.94. The number of aryl methyl sites for hydroxylation is 2. The molecule has 3 rings (SSSR count). The molecular weight excluding hydrogens is 455 g/mol. The van der Waals surface area contributed by atoms with Crippen molar-refractivity contribution in [3.8, 4) is 5.75 Å². The first kappa shape index (κ1) is 17.9. The van der Waals surface area contributed by atoms with Crippen molar-refractivity contribution in [1.82, 2.24) is 25.0 Å². The molecule has 0 aliphatic carbocycles. The number of aromatic nitrogens is 5. The Morgan fingerprint density at radius 1 is 1.32 bits per heavy atom. The van der Waals surface area contributed by atoms with Crippen molar-refractivity contribution in [2.45, 2.75) is 27.0 Å². The summed E-state index contributed by atoms with van der Waals surface area (Å²) in [5, 5.41) is 9.07. The van der Waals surface area contributed by atoms with Crippen molar-refractivity contribution in [2.75, 3.05) is 5.73 Å². The smallest absolute Gasteiger partial charge is 0.135 e. The van der Waals surface area contributed by atoms with E-state index in [2.05, 4.69) is 42.9 Å². The number of nitrogens with zero attached hydrogens (tertiary/aromatic N) is 5. The SMILES string of the molecule is Cc1ncc(Cn2nnc(COc3ccc(Cl)c(C)c3)c2I)c(N)n1. The van der Waals surface area contributed by atoms with E-state index in [-0.39, 0.29) is 0 Å². The molecule has 1 aromatic carbocycles. The Morgan fingerprint density at radius 3 is 2.84 bits per heavy atom. The second kappa shape index (κ2) is 7.52. The molecule has 0 amide bonds. The summed E-state index contributed by atoms with van der Waals surface area (Å²) >= 11 is 8.21. The molecule has 130 valence electrons. The molecule has 0 saturated heterocycles. The van der Waals surface area contributed by atoms with Gasteiger partial charge in [0.1, 0.15) is 33.4 Å². The van der Waals surface area contributed by atoms with E-state index >= 15 is 0 Å². The molecule has 0 spiro atoms. The molecule has 0 aliphatic heterocycles. The van der Waals surface area contributed by atoms with Crippen molar-refractivity contribution in [3.63, 3.8) is 0 Å². The summed E-state index contributed by atoms with van der Waals surface area (Å²) in [6.45, 7) is 4.51. The second-order valence-corrected chi connectivity index (χ2v) is 6.94. The molecule has 2 N–H and O–H groups in total. The lowest BCUT2D eigenvalue weighted by Crippen LogP contribution is -2.09. The van der Waals surface area contributed by atoms with Gasteiger partial charge in [-0.15, -0.1) is 5.10 Å². The number of halogens is 2. The van der Waals surface area contributed by atoms with Gasteiger partial charge >= 0.3 is 0 Å².